The van der Waals surface area contributed by atoms with E-state index in [9.17, 15) is 23.3 Å². The lowest BCUT2D eigenvalue weighted by Gasteiger charge is -2.43. The molecule has 0 radical (unpaired) electrons. The van der Waals surface area contributed by atoms with Crippen molar-refractivity contribution >= 4 is 28.8 Å². The average Bonchev–Trinajstić information content (AvgIpc) is 2.67. The van der Waals surface area contributed by atoms with Crippen LogP contribution in [0.15, 0.2) is 41.5 Å². The first kappa shape index (κ1) is 23.3. The lowest BCUT2D eigenvalue weighted by molar-refractivity contribution is -0.384. The number of halogens is 3. The van der Waals surface area contributed by atoms with Crippen molar-refractivity contribution in [3.05, 3.63) is 68.8 Å². The number of hydrogen-bond acceptors (Lipinski definition) is 5. The van der Waals surface area contributed by atoms with Crippen LogP contribution in [0.25, 0.3) is 5.57 Å². The Morgan fingerprint density at radius 1 is 1.22 bits per heavy atom. The maximum Gasteiger partial charge on any atom is 0.416 e. The topological polar surface area (TPSA) is 70.8 Å². The third-order valence-corrected chi connectivity index (χ3v) is 5.59. The summed E-state index contributed by atoms with van der Waals surface area (Å²) in [6, 6.07) is 6.37. The van der Waals surface area contributed by atoms with Crippen LogP contribution < -0.4 is 10.3 Å². The molecule has 1 aliphatic rings. The Bertz CT molecular complexity index is 1120. The van der Waals surface area contributed by atoms with Crippen molar-refractivity contribution in [2.75, 3.05) is 16.9 Å². The van der Waals surface area contributed by atoms with Gasteiger partial charge in [0.2, 0.25) is 0 Å². The van der Waals surface area contributed by atoms with Crippen LogP contribution in [-0.2, 0) is 6.18 Å². The van der Waals surface area contributed by atoms with E-state index in [4.69, 9.17) is 0 Å². The molecule has 1 heterocycles. The number of aryl methyl sites for hydroxylation is 1. The van der Waals surface area contributed by atoms with E-state index >= 15 is 0 Å². The summed E-state index contributed by atoms with van der Waals surface area (Å²) in [5, 5.41) is 15.3. The number of nitro benzene ring substituents is 1. The number of hydrogen-bond donors (Lipinski definition) is 1. The van der Waals surface area contributed by atoms with Crippen molar-refractivity contribution in [3.8, 4) is 0 Å². The second kappa shape index (κ2) is 8.29. The predicted octanol–water partition coefficient (Wildman–Crippen LogP) is 6.39. The number of nitrogens with zero attached hydrogens (tertiary/aromatic N) is 3. The lowest BCUT2D eigenvalue weighted by atomic mass is 9.87. The van der Waals surface area contributed by atoms with E-state index in [2.05, 4.69) is 48.3 Å². The Morgan fingerprint density at radius 2 is 1.91 bits per heavy atom. The number of nitro groups is 1. The van der Waals surface area contributed by atoms with E-state index in [1.165, 1.54) is 6.21 Å². The van der Waals surface area contributed by atoms with Gasteiger partial charge in [-0.2, -0.15) is 18.3 Å². The molecule has 0 saturated carbocycles. The molecular formula is C23H25F3N4O2. The molecule has 0 fully saturated rings. The Morgan fingerprint density at radius 3 is 2.50 bits per heavy atom. The van der Waals surface area contributed by atoms with Crippen molar-refractivity contribution in [1.29, 1.82) is 0 Å². The highest BCUT2D eigenvalue weighted by Gasteiger charge is 2.33. The van der Waals surface area contributed by atoms with E-state index in [1.807, 2.05) is 19.9 Å². The van der Waals surface area contributed by atoms with Crippen LogP contribution in [0.4, 0.5) is 30.2 Å². The number of benzene rings is 2. The van der Waals surface area contributed by atoms with Crippen molar-refractivity contribution in [2.45, 2.75) is 46.3 Å². The Hall–Kier alpha value is -3.36. The molecule has 0 spiro atoms. The quantitative estimate of drug-likeness (QED) is 0.328. The van der Waals surface area contributed by atoms with Gasteiger partial charge in [0.15, 0.2) is 0 Å². The molecule has 0 bridgehead atoms. The van der Waals surface area contributed by atoms with Gasteiger partial charge in [-0.3, -0.25) is 15.5 Å². The van der Waals surface area contributed by atoms with E-state index < -0.39 is 22.4 Å². The van der Waals surface area contributed by atoms with Crippen molar-refractivity contribution in [3.63, 3.8) is 0 Å². The summed E-state index contributed by atoms with van der Waals surface area (Å²) < 4.78 is 38.6. The number of hydrazone groups is 1. The highest BCUT2D eigenvalue weighted by atomic mass is 19.4. The molecule has 6 nitrogen and oxygen atoms in total. The van der Waals surface area contributed by atoms with E-state index in [0.29, 0.717) is 6.07 Å². The zero-order valence-electron chi connectivity index (χ0n) is 18.5. The molecule has 2 aromatic rings. The van der Waals surface area contributed by atoms with Crippen molar-refractivity contribution < 1.29 is 18.1 Å². The fourth-order valence-electron chi connectivity index (χ4n) is 4.09. The monoisotopic (exact) mass is 446 g/mol. The van der Waals surface area contributed by atoms with Gasteiger partial charge in [0.1, 0.15) is 5.69 Å². The van der Waals surface area contributed by atoms with Crippen molar-refractivity contribution in [1.82, 2.24) is 0 Å². The molecule has 9 heteroatoms. The zero-order valence-corrected chi connectivity index (χ0v) is 18.5. The molecule has 0 unspecified atom stereocenters. The standard InChI is InChI=1S/C23H25F3N4O2/c1-6-29-20-9-14(2)16(10-18(20)15(3)12-22(29,4)5)13-27-28-19-8-7-17(23(24,25)26)11-21(19)30(31)32/h7-13,28H,6H2,1-5H3/b27-13+. The molecule has 3 rings (SSSR count). The highest BCUT2D eigenvalue weighted by molar-refractivity contribution is 5.89. The van der Waals surface area contributed by atoms with Gasteiger partial charge in [-0.25, -0.2) is 0 Å². The van der Waals surface area contributed by atoms with Gasteiger partial charge >= 0.3 is 6.18 Å². The normalized spacial score (nSPS) is 15.5. The first-order valence-corrected chi connectivity index (χ1v) is 10.1. The summed E-state index contributed by atoms with van der Waals surface area (Å²) in [6.07, 6.45) is -0.946. The first-order chi connectivity index (χ1) is 14.8. The van der Waals surface area contributed by atoms with E-state index in [-0.39, 0.29) is 11.2 Å². The number of nitrogens with one attached hydrogen (secondary N) is 1. The van der Waals surface area contributed by atoms with Gasteiger partial charge in [-0.15, -0.1) is 0 Å². The summed E-state index contributed by atoms with van der Waals surface area (Å²) >= 11 is 0. The Labute approximate surface area is 184 Å². The number of likely N-dealkylation sites (N-methyl/N-ethyl adjacent to an activating group) is 1. The molecule has 1 N–H and O–H groups in total. The molecular weight excluding hydrogens is 421 g/mol. The molecule has 32 heavy (non-hydrogen) atoms. The van der Waals surface area contributed by atoms with Crippen LogP contribution >= 0.6 is 0 Å². The number of allylic oxidation sites excluding steroid dienone is 1. The number of alkyl halides is 3. The van der Waals surface area contributed by atoms with Gasteiger partial charge < -0.3 is 4.90 Å². The molecule has 0 aromatic heterocycles. The predicted molar refractivity (Wildman–Crippen MR) is 121 cm³/mol. The second-order valence-electron chi connectivity index (χ2n) is 8.31. The SMILES string of the molecule is CCN1c2cc(C)c(/C=N/Nc3ccc(C(F)(F)F)cc3[N+](=O)[O-])cc2C(C)=CC1(C)C. The van der Waals surface area contributed by atoms with Gasteiger partial charge in [-0.1, -0.05) is 6.08 Å². The fourth-order valence-corrected chi connectivity index (χ4v) is 4.09. The van der Waals surface area contributed by atoms with Crippen LogP contribution in [0.3, 0.4) is 0 Å². The largest absolute Gasteiger partial charge is 0.416 e. The van der Waals surface area contributed by atoms with Gasteiger partial charge in [-0.05, 0) is 75.6 Å². The third-order valence-electron chi connectivity index (χ3n) is 5.59. The van der Waals surface area contributed by atoms with Crippen molar-refractivity contribution in [2.24, 2.45) is 5.10 Å². The first-order valence-electron chi connectivity index (χ1n) is 10.1. The van der Waals surface area contributed by atoms with E-state index in [1.54, 1.807) is 0 Å². The third kappa shape index (κ3) is 4.46. The van der Waals surface area contributed by atoms with Gasteiger partial charge in [0.05, 0.1) is 22.2 Å². The number of fused-ring (bicyclic) bond motifs is 1. The lowest BCUT2D eigenvalue weighted by Crippen LogP contribution is -2.45. The second-order valence-corrected chi connectivity index (χ2v) is 8.31. The van der Waals surface area contributed by atoms with Crippen LogP contribution in [0.2, 0.25) is 0 Å². The highest BCUT2D eigenvalue weighted by Crippen LogP contribution is 2.40. The Balaban J connectivity index is 1.92. The van der Waals surface area contributed by atoms with Crippen LogP contribution in [0.5, 0.6) is 0 Å². The summed E-state index contributed by atoms with van der Waals surface area (Å²) in [5.74, 6) is 0. The van der Waals surface area contributed by atoms with Gasteiger partial charge in [0, 0.05) is 23.9 Å². The minimum Gasteiger partial charge on any atom is -0.363 e. The molecule has 0 amide bonds. The number of rotatable bonds is 5. The molecule has 0 aliphatic carbocycles. The molecule has 1 aliphatic heterocycles. The molecule has 2 aromatic carbocycles. The summed E-state index contributed by atoms with van der Waals surface area (Å²) in [5.41, 5.74) is 5.58. The molecule has 0 saturated heterocycles. The fraction of sp³-hybridized carbons (Fsp3) is 0.348. The maximum atomic E-state index is 12.9. The summed E-state index contributed by atoms with van der Waals surface area (Å²) in [6.45, 7) is 11.3. The minimum atomic E-state index is -4.67. The smallest absolute Gasteiger partial charge is 0.363 e. The van der Waals surface area contributed by atoms with Gasteiger partial charge in [0.25, 0.3) is 5.69 Å². The maximum absolute atomic E-state index is 12.9. The Kier molecular flexibility index (Phi) is 6.04. The number of anilines is 2. The summed E-state index contributed by atoms with van der Waals surface area (Å²) in [4.78, 5) is 12.7. The minimum absolute atomic E-state index is 0.114. The molecule has 170 valence electrons. The van der Waals surface area contributed by atoms with E-state index in [0.717, 1.165) is 46.6 Å². The zero-order chi connectivity index (χ0) is 23.8. The van der Waals surface area contributed by atoms with Crippen LogP contribution in [0.1, 0.15) is 49.9 Å². The van der Waals surface area contributed by atoms with Crippen LogP contribution in [0, 0.1) is 17.0 Å². The molecule has 0 atom stereocenters. The summed E-state index contributed by atoms with van der Waals surface area (Å²) in [7, 11) is 0. The average molecular weight is 446 g/mol. The van der Waals surface area contributed by atoms with Crippen LogP contribution in [-0.4, -0.2) is 23.2 Å².